The van der Waals surface area contributed by atoms with Crippen molar-refractivity contribution in [2.75, 3.05) is 12.4 Å². The Morgan fingerprint density at radius 2 is 1.90 bits per heavy atom. The van der Waals surface area contributed by atoms with Crippen LogP contribution in [-0.4, -0.2) is 13.1 Å². The summed E-state index contributed by atoms with van der Waals surface area (Å²) in [6, 6.07) is 16.6. The lowest BCUT2D eigenvalue weighted by Crippen LogP contribution is -2.23. The molecule has 0 heterocycles. The molecule has 0 bridgehead atoms. The number of hydrogen-bond acceptors (Lipinski definition) is 2. The molecule has 0 aliphatic carbocycles. The van der Waals surface area contributed by atoms with E-state index in [0.29, 0.717) is 11.4 Å². The van der Waals surface area contributed by atoms with Crippen LogP contribution in [0.25, 0.3) is 6.08 Å². The van der Waals surface area contributed by atoms with E-state index in [1.165, 1.54) is 0 Å². The molecule has 4 nitrogen and oxygen atoms in total. The quantitative estimate of drug-likeness (QED) is 0.891. The monoisotopic (exact) mass is 268 g/mol. The van der Waals surface area contributed by atoms with Gasteiger partial charge in [0.1, 0.15) is 5.75 Å². The van der Waals surface area contributed by atoms with Crippen molar-refractivity contribution >= 4 is 17.8 Å². The zero-order valence-electron chi connectivity index (χ0n) is 11.2. The van der Waals surface area contributed by atoms with Crippen molar-refractivity contribution in [1.29, 1.82) is 0 Å². The molecule has 2 rings (SSSR count). The molecule has 0 aliphatic rings. The second-order valence-corrected chi connectivity index (χ2v) is 4.07. The Labute approximate surface area is 118 Å². The molecule has 0 radical (unpaired) electrons. The van der Waals surface area contributed by atoms with Gasteiger partial charge in [-0.2, -0.15) is 0 Å². The number of rotatable bonds is 4. The number of carbonyl (C=O) groups is 1. The molecule has 0 fully saturated rings. The van der Waals surface area contributed by atoms with Gasteiger partial charge in [-0.15, -0.1) is 0 Å². The molecule has 0 spiro atoms. The van der Waals surface area contributed by atoms with Gasteiger partial charge in [0.25, 0.3) is 0 Å². The fourth-order valence-electron chi connectivity index (χ4n) is 1.65. The van der Waals surface area contributed by atoms with Gasteiger partial charge in [0.15, 0.2) is 0 Å². The van der Waals surface area contributed by atoms with Gasteiger partial charge in [-0.1, -0.05) is 36.4 Å². The van der Waals surface area contributed by atoms with Crippen LogP contribution in [0, 0.1) is 0 Å². The van der Waals surface area contributed by atoms with Crippen LogP contribution in [0.2, 0.25) is 0 Å². The number of hydrogen-bond donors (Lipinski definition) is 2. The summed E-state index contributed by atoms with van der Waals surface area (Å²) >= 11 is 0. The number of nitrogens with one attached hydrogen (secondary N) is 2. The van der Waals surface area contributed by atoms with Gasteiger partial charge in [-0.05, 0) is 23.8 Å². The van der Waals surface area contributed by atoms with Gasteiger partial charge in [0, 0.05) is 18.0 Å². The molecule has 2 aromatic rings. The normalized spacial score (nSPS) is 10.2. The second-order valence-electron chi connectivity index (χ2n) is 4.07. The fourth-order valence-corrected chi connectivity index (χ4v) is 1.65. The minimum Gasteiger partial charge on any atom is -0.497 e. The lowest BCUT2D eigenvalue weighted by atomic mass is 10.2. The van der Waals surface area contributed by atoms with Crippen molar-refractivity contribution in [3.63, 3.8) is 0 Å². The van der Waals surface area contributed by atoms with Crippen LogP contribution in [0.3, 0.4) is 0 Å². The van der Waals surface area contributed by atoms with E-state index in [1.807, 2.05) is 48.5 Å². The van der Waals surface area contributed by atoms with Crippen molar-refractivity contribution in [2.24, 2.45) is 0 Å². The smallest absolute Gasteiger partial charge is 0.323 e. The molecule has 0 atom stereocenters. The highest BCUT2D eigenvalue weighted by Crippen LogP contribution is 2.16. The van der Waals surface area contributed by atoms with Crippen molar-refractivity contribution in [3.05, 3.63) is 66.4 Å². The third-order valence-electron chi connectivity index (χ3n) is 2.62. The Kier molecular flexibility index (Phi) is 4.78. The zero-order valence-corrected chi connectivity index (χ0v) is 11.2. The van der Waals surface area contributed by atoms with E-state index in [-0.39, 0.29) is 6.03 Å². The van der Waals surface area contributed by atoms with Crippen LogP contribution in [0.5, 0.6) is 5.75 Å². The first kappa shape index (κ1) is 13.7. The first-order chi connectivity index (χ1) is 9.78. The lowest BCUT2D eigenvalue weighted by Gasteiger charge is -2.06. The largest absolute Gasteiger partial charge is 0.497 e. The van der Waals surface area contributed by atoms with E-state index in [9.17, 15) is 4.79 Å². The number of ether oxygens (including phenoxy) is 1. The highest BCUT2D eigenvalue weighted by molar-refractivity contribution is 5.90. The third-order valence-corrected chi connectivity index (χ3v) is 2.62. The highest BCUT2D eigenvalue weighted by atomic mass is 16.5. The molecule has 20 heavy (non-hydrogen) atoms. The summed E-state index contributed by atoms with van der Waals surface area (Å²) in [6.07, 6.45) is 3.43. The van der Waals surface area contributed by atoms with Crippen molar-refractivity contribution in [2.45, 2.75) is 0 Å². The summed E-state index contributed by atoms with van der Waals surface area (Å²) in [6.45, 7) is 0. The summed E-state index contributed by atoms with van der Waals surface area (Å²) < 4.78 is 5.09. The van der Waals surface area contributed by atoms with Crippen LogP contribution in [0.1, 0.15) is 5.56 Å². The topological polar surface area (TPSA) is 50.4 Å². The van der Waals surface area contributed by atoms with Gasteiger partial charge < -0.3 is 15.4 Å². The Balaban J connectivity index is 1.88. The summed E-state index contributed by atoms with van der Waals surface area (Å²) in [5.74, 6) is 0.697. The third kappa shape index (κ3) is 4.17. The molecule has 0 saturated carbocycles. The first-order valence-corrected chi connectivity index (χ1v) is 6.21. The lowest BCUT2D eigenvalue weighted by molar-refractivity contribution is 0.255. The summed E-state index contributed by atoms with van der Waals surface area (Å²) in [7, 11) is 1.59. The van der Waals surface area contributed by atoms with Crippen molar-refractivity contribution < 1.29 is 9.53 Å². The number of anilines is 1. The SMILES string of the molecule is COc1cccc(NC(=O)N/C=C/c2ccccc2)c1. The van der Waals surface area contributed by atoms with Crippen LogP contribution in [0.4, 0.5) is 10.5 Å². The molecule has 2 aromatic carbocycles. The van der Waals surface area contributed by atoms with E-state index in [1.54, 1.807) is 25.4 Å². The van der Waals surface area contributed by atoms with E-state index in [2.05, 4.69) is 10.6 Å². The molecule has 0 unspecified atom stereocenters. The number of amides is 2. The number of benzene rings is 2. The Morgan fingerprint density at radius 3 is 2.65 bits per heavy atom. The zero-order chi connectivity index (χ0) is 14.2. The fraction of sp³-hybridized carbons (Fsp3) is 0.0625. The molecule has 2 N–H and O–H groups in total. The molecule has 0 aromatic heterocycles. The van der Waals surface area contributed by atoms with Gasteiger partial charge in [0.05, 0.1) is 7.11 Å². The summed E-state index contributed by atoms with van der Waals surface area (Å²) in [5, 5.41) is 5.37. The molecule has 0 saturated heterocycles. The molecular weight excluding hydrogens is 252 g/mol. The predicted octanol–water partition coefficient (Wildman–Crippen LogP) is 3.49. The number of urea groups is 1. The van der Waals surface area contributed by atoms with Gasteiger partial charge in [0.2, 0.25) is 0 Å². The summed E-state index contributed by atoms with van der Waals surface area (Å²) in [4.78, 5) is 11.7. The van der Waals surface area contributed by atoms with E-state index in [4.69, 9.17) is 4.74 Å². The average Bonchev–Trinajstić information content (AvgIpc) is 2.48. The standard InChI is InChI=1S/C16H16N2O2/c1-20-15-9-5-8-14(12-15)18-16(19)17-11-10-13-6-3-2-4-7-13/h2-12H,1H3,(H2,17,18,19)/b11-10+. The minimum absolute atomic E-state index is 0.301. The number of carbonyl (C=O) groups excluding carboxylic acids is 1. The van der Waals surface area contributed by atoms with Crippen molar-refractivity contribution in [3.8, 4) is 5.75 Å². The molecule has 0 aliphatic heterocycles. The second kappa shape index (κ2) is 6.99. The van der Waals surface area contributed by atoms with Crippen LogP contribution < -0.4 is 15.4 Å². The molecule has 102 valence electrons. The van der Waals surface area contributed by atoms with Gasteiger partial charge in [-0.25, -0.2) is 4.79 Å². The maximum absolute atomic E-state index is 11.7. The van der Waals surface area contributed by atoms with Crippen LogP contribution in [0.15, 0.2) is 60.8 Å². The van der Waals surface area contributed by atoms with E-state index < -0.39 is 0 Å². The summed E-state index contributed by atoms with van der Waals surface area (Å²) in [5.41, 5.74) is 1.70. The van der Waals surface area contributed by atoms with E-state index in [0.717, 1.165) is 5.56 Å². The molecule has 2 amide bonds. The Bertz CT molecular complexity index is 594. The van der Waals surface area contributed by atoms with E-state index >= 15 is 0 Å². The number of methoxy groups -OCH3 is 1. The molecule has 4 heteroatoms. The highest BCUT2D eigenvalue weighted by Gasteiger charge is 2.00. The van der Waals surface area contributed by atoms with Gasteiger partial charge >= 0.3 is 6.03 Å². The van der Waals surface area contributed by atoms with Crippen LogP contribution in [-0.2, 0) is 0 Å². The van der Waals surface area contributed by atoms with Crippen LogP contribution >= 0.6 is 0 Å². The minimum atomic E-state index is -0.301. The van der Waals surface area contributed by atoms with Gasteiger partial charge in [-0.3, -0.25) is 0 Å². The predicted molar refractivity (Wildman–Crippen MR) is 80.6 cm³/mol. The molecular formula is C16H16N2O2. The average molecular weight is 268 g/mol. The maximum Gasteiger partial charge on any atom is 0.323 e. The maximum atomic E-state index is 11.7. The first-order valence-electron chi connectivity index (χ1n) is 6.21. The van der Waals surface area contributed by atoms with Crippen molar-refractivity contribution in [1.82, 2.24) is 5.32 Å². The Hall–Kier alpha value is -2.75. The Morgan fingerprint density at radius 1 is 1.10 bits per heavy atom.